The number of aromatic nitrogens is 1. The fourth-order valence-corrected chi connectivity index (χ4v) is 2.03. The topological polar surface area (TPSA) is 63.2 Å². The third-order valence-electron chi connectivity index (χ3n) is 2.32. The molecule has 1 heterocycles. The Labute approximate surface area is 136 Å². The zero-order valence-corrected chi connectivity index (χ0v) is 12.8. The van der Waals surface area contributed by atoms with Gasteiger partial charge >= 0.3 is 6.03 Å². The molecule has 110 valence electrons. The summed E-state index contributed by atoms with van der Waals surface area (Å²) in [5, 5.41) is 6.35. The van der Waals surface area contributed by atoms with E-state index in [2.05, 4.69) is 15.6 Å². The SMILES string of the molecule is O=C(NCOc1ccc(Cl)cc1Cl)Nc1cc(Cl)ccn1. The van der Waals surface area contributed by atoms with Crippen LogP contribution in [0.2, 0.25) is 15.1 Å². The minimum absolute atomic E-state index is 0.0618. The number of pyridine rings is 1. The van der Waals surface area contributed by atoms with Crippen molar-refractivity contribution in [3.63, 3.8) is 0 Å². The molecular formula is C13H10Cl3N3O2. The number of carbonyl (C=O) groups excluding carboxylic acids is 1. The van der Waals surface area contributed by atoms with Gasteiger partial charge in [-0.1, -0.05) is 34.8 Å². The number of nitrogens with zero attached hydrogens (tertiary/aromatic N) is 1. The highest BCUT2D eigenvalue weighted by atomic mass is 35.5. The molecule has 2 N–H and O–H groups in total. The lowest BCUT2D eigenvalue weighted by Crippen LogP contribution is -2.32. The lowest BCUT2D eigenvalue weighted by atomic mass is 10.3. The minimum atomic E-state index is -0.477. The summed E-state index contributed by atoms with van der Waals surface area (Å²) in [6, 6.07) is 7.46. The number of urea groups is 1. The van der Waals surface area contributed by atoms with Crippen LogP contribution in [0.25, 0.3) is 0 Å². The molecule has 0 spiro atoms. The largest absolute Gasteiger partial charge is 0.472 e. The molecule has 0 atom stereocenters. The molecule has 0 aliphatic rings. The number of nitrogens with one attached hydrogen (secondary N) is 2. The summed E-state index contributed by atoms with van der Waals surface area (Å²) < 4.78 is 5.31. The fraction of sp³-hybridized carbons (Fsp3) is 0.0769. The molecule has 0 saturated carbocycles. The maximum atomic E-state index is 11.6. The summed E-state index contributed by atoms with van der Waals surface area (Å²) in [5.41, 5.74) is 0. The molecule has 2 rings (SSSR count). The quantitative estimate of drug-likeness (QED) is 0.816. The first-order valence-electron chi connectivity index (χ1n) is 5.79. The molecule has 0 unspecified atom stereocenters. The Kier molecular flexibility index (Phi) is 5.50. The third-order valence-corrected chi connectivity index (χ3v) is 3.08. The molecule has 21 heavy (non-hydrogen) atoms. The van der Waals surface area contributed by atoms with Crippen LogP contribution in [-0.4, -0.2) is 17.7 Å². The van der Waals surface area contributed by atoms with Gasteiger partial charge in [0.25, 0.3) is 0 Å². The van der Waals surface area contributed by atoms with Crippen molar-refractivity contribution >= 4 is 46.7 Å². The van der Waals surface area contributed by atoms with Gasteiger partial charge in [0.1, 0.15) is 11.6 Å². The number of halogens is 3. The van der Waals surface area contributed by atoms with Crippen molar-refractivity contribution in [2.24, 2.45) is 0 Å². The number of amides is 2. The van der Waals surface area contributed by atoms with E-state index in [-0.39, 0.29) is 6.73 Å². The zero-order valence-electron chi connectivity index (χ0n) is 10.6. The normalized spacial score (nSPS) is 10.0. The number of ether oxygens (including phenoxy) is 1. The molecular weight excluding hydrogens is 337 g/mol. The average Bonchev–Trinajstić information content (AvgIpc) is 2.41. The molecule has 0 bridgehead atoms. The van der Waals surface area contributed by atoms with Gasteiger partial charge in [0.15, 0.2) is 6.73 Å². The Morgan fingerprint density at radius 3 is 2.62 bits per heavy atom. The van der Waals surface area contributed by atoms with Gasteiger partial charge in [0.2, 0.25) is 0 Å². The van der Waals surface area contributed by atoms with E-state index in [1.54, 1.807) is 24.3 Å². The number of benzene rings is 1. The van der Waals surface area contributed by atoms with Crippen LogP contribution in [0.1, 0.15) is 0 Å². The Bertz CT molecular complexity index is 652. The van der Waals surface area contributed by atoms with Crippen LogP contribution in [0, 0.1) is 0 Å². The molecule has 2 aromatic rings. The van der Waals surface area contributed by atoms with Crippen molar-refractivity contribution in [1.82, 2.24) is 10.3 Å². The standard InChI is InChI=1S/C13H10Cl3N3O2/c14-8-1-2-11(10(16)5-8)21-7-18-13(20)19-12-6-9(15)3-4-17-12/h1-6H,7H2,(H2,17,18,19,20). The first-order chi connectivity index (χ1) is 10.0. The Morgan fingerprint density at radius 2 is 1.90 bits per heavy atom. The summed E-state index contributed by atoms with van der Waals surface area (Å²) in [6.07, 6.45) is 1.49. The monoisotopic (exact) mass is 345 g/mol. The van der Waals surface area contributed by atoms with E-state index in [0.717, 1.165) is 0 Å². The first kappa shape index (κ1) is 15.7. The average molecular weight is 347 g/mol. The molecule has 0 aliphatic heterocycles. The summed E-state index contributed by atoms with van der Waals surface area (Å²) in [6.45, 7) is -0.0618. The van der Waals surface area contributed by atoms with Crippen molar-refractivity contribution in [2.75, 3.05) is 12.0 Å². The lowest BCUT2D eigenvalue weighted by Gasteiger charge is -2.10. The van der Waals surface area contributed by atoms with E-state index < -0.39 is 6.03 Å². The Balaban J connectivity index is 1.81. The number of rotatable bonds is 4. The molecule has 0 saturated heterocycles. The van der Waals surface area contributed by atoms with E-state index in [4.69, 9.17) is 39.5 Å². The maximum Gasteiger partial charge on any atom is 0.323 e. The van der Waals surface area contributed by atoms with Crippen LogP contribution in [0.4, 0.5) is 10.6 Å². The summed E-state index contributed by atoms with van der Waals surface area (Å²) in [5.74, 6) is 0.756. The molecule has 1 aromatic carbocycles. The highest BCUT2D eigenvalue weighted by molar-refractivity contribution is 6.35. The van der Waals surface area contributed by atoms with Crippen LogP contribution in [0.5, 0.6) is 5.75 Å². The van der Waals surface area contributed by atoms with E-state index in [9.17, 15) is 4.79 Å². The lowest BCUT2D eigenvalue weighted by molar-refractivity contribution is 0.234. The van der Waals surface area contributed by atoms with Crippen LogP contribution >= 0.6 is 34.8 Å². The van der Waals surface area contributed by atoms with Crippen molar-refractivity contribution in [1.29, 1.82) is 0 Å². The minimum Gasteiger partial charge on any atom is -0.472 e. The van der Waals surface area contributed by atoms with Crippen molar-refractivity contribution < 1.29 is 9.53 Å². The number of anilines is 1. The van der Waals surface area contributed by atoms with Gasteiger partial charge in [-0.3, -0.25) is 5.32 Å². The van der Waals surface area contributed by atoms with Crippen molar-refractivity contribution in [3.8, 4) is 5.75 Å². The molecule has 0 radical (unpaired) electrons. The predicted octanol–water partition coefficient (Wildman–Crippen LogP) is 4.20. The van der Waals surface area contributed by atoms with E-state index in [1.807, 2.05) is 0 Å². The van der Waals surface area contributed by atoms with Crippen LogP contribution in [0.3, 0.4) is 0 Å². The summed E-state index contributed by atoms with van der Waals surface area (Å²) in [7, 11) is 0. The Hall–Kier alpha value is -1.69. The van der Waals surface area contributed by atoms with E-state index in [0.29, 0.717) is 26.6 Å². The van der Waals surface area contributed by atoms with Gasteiger partial charge in [-0.2, -0.15) is 0 Å². The number of hydrogen-bond acceptors (Lipinski definition) is 3. The third kappa shape index (κ3) is 4.97. The van der Waals surface area contributed by atoms with Crippen LogP contribution < -0.4 is 15.4 Å². The van der Waals surface area contributed by atoms with Crippen molar-refractivity contribution in [2.45, 2.75) is 0 Å². The molecule has 5 nitrogen and oxygen atoms in total. The predicted molar refractivity (Wildman–Crippen MR) is 83.4 cm³/mol. The van der Waals surface area contributed by atoms with Crippen LogP contribution in [-0.2, 0) is 0 Å². The van der Waals surface area contributed by atoms with Gasteiger partial charge in [-0.25, -0.2) is 9.78 Å². The molecule has 2 amide bonds. The molecule has 0 fully saturated rings. The molecule has 1 aromatic heterocycles. The van der Waals surface area contributed by atoms with Crippen molar-refractivity contribution in [3.05, 3.63) is 51.6 Å². The van der Waals surface area contributed by atoms with E-state index in [1.165, 1.54) is 12.3 Å². The van der Waals surface area contributed by atoms with Gasteiger partial charge in [0, 0.05) is 16.2 Å². The van der Waals surface area contributed by atoms with E-state index >= 15 is 0 Å². The highest BCUT2D eigenvalue weighted by Crippen LogP contribution is 2.27. The Morgan fingerprint density at radius 1 is 1.14 bits per heavy atom. The molecule has 0 aliphatic carbocycles. The van der Waals surface area contributed by atoms with Gasteiger partial charge in [-0.15, -0.1) is 0 Å². The smallest absolute Gasteiger partial charge is 0.323 e. The highest BCUT2D eigenvalue weighted by Gasteiger charge is 2.05. The first-order valence-corrected chi connectivity index (χ1v) is 6.92. The summed E-state index contributed by atoms with van der Waals surface area (Å²) in [4.78, 5) is 15.6. The molecule has 8 heteroatoms. The second-order valence-electron chi connectivity index (χ2n) is 3.85. The van der Waals surface area contributed by atoms with Gasteiger partial charge in [0.05, 0.1) is 5.02 Å². The number of hydrogen-bond donors (Lipinski definition) is 2. The summed E-state index contributed by atoms with van der Waals surface area (Å²) >= 11 is 17.5. The van der Waals surface area contributed by atoms with Crippen LogP contribution in [0.15, 0.2) is 36.5 Å². The maximum absolute atomic E-state index is 11.6. The fourth-order valence-electron chi connectivity index (χ4n) is 1.41. The second-order valence-corrected chi connectivity index (χ2v) is 5.13. The van der Waals surface area contributed by atoms with Gasteiger partial charge in [-0.05, 0) is 30.3 Å². The van der Waals surface area contributed by atoms with Gasteiger partial charge < -0.3 is 10.1 Å². The number of carbonyl (C=O) groups is 1. The zero-order chi connectivity index (χ0) is 15.2. The second kappa shape index (κ2) is 7.36.